The number of rotatable bonds is 6. The first-order valence-corrected chi connectivity index (χ1v) is 7.32. The van der Waals surface area contributed by atoms with Crippen LogP contribution < -0.4 is 0 Å². The minimum absolute atomic E-state index is 0.150. The van der Waals surface area contributed by atoms with Crippen LogP contribution >= 0.6 is 0 Å². The molecule has 0 saturated heterocycles. The molecule has 0 atom stereocenters. The van der Waals surface area contributed by atoms with Gasteiger partial charge in [0.15, 0.2) is 0 Å². The Morgan fingerprint density at radius 2 is 1.87 bits per heavy atom. The fourth-order valence-electron chi connectivity index (χ4n) is 2.39. The molecule has 0 unspecified atom stereocenters. The summed E-state index contributed by atoms with van der Waals surface area (Å²) >= 11 is 0. The summed E-state index contributed by atoms with van der Waals surface area (Å²) in [4.78, 5) is 34.9. The Balaban J connectivity index is 2.19. The van der Waals surface area contributed by atoms with Crippen molar-refractivity contribution in [1.82, 2.24) is 0 Å². The Morgan fingerprint density at radius 1 is 1.09 bits per heavy atom. The van der Waals surface area contributed by atoms with Crippen molar-refractivity contribution in [2.45, 2.75) is 19.8 Å². The first kappa shape index (κ1) is 16.7. The number of methoxy groups -OCH3 is 1. The van der Waals surface area contributed by atoms with Crippen LogP contribution in [-0.2, 0) is 25.5 Å². The van der Waals surface area contributed by atoms with Crippen LogP contribution in [0.5, 0.6) is 0 Å². The highest BCUT2D eigenvalue weighted by Crippen LogP contribution is 2.21. The third-order valence-corrected chi connectivity index (χ3v) is 3.40. The van der Waals surface area contributed by atoms with Crippen molar-refractivity contribution in [2.75, 3.05) is 13.7 Å². The second-order valence-corrected chi connectivity index (χ2v) is 5.05. The molecule has 0 amide bonds. The number of hydrogen-bond donors (Lipinski definition) is 0. The number of Topliss-reactive ketones (excluding diaryl/α,β-unsaturated/α-hetero) is 1. The van der Waals surface area contributed by atoms with Crippen LogP contribution in [0.3, 0.4) is 0 Å². The number of hydrogen-bond acceptors (Lipinski definition) is 5. The lowest BCUT2D eigenvalue weighted by atomic mass is 9.99. The van der Waals surface area contributed by atoms with E-state index in [9.17, 15) is 14.4 Å². The fraction of sp³-hybridized carbons (Fsp3) is 0.278. The first-order valence-electron chi connectivity index (χ1n) is 7.32. The zero-order valence-electron chi connectivity index (χ0n) is 13.1. The molecule has 2 aromatic carbocycles. The van der Waals surface area contributed by atoms with Crippen LogP contribution in [0, 0.1) is 0 Å². The molecule has 0 fully saturated rings. The summed E-state index contributed by atoms with van der Waals surface area (Å²) in [5.41, 5.74) is 1.27. The molecule has 0 aliphatic heterocycles. The van der Waals surface area contributed by atoms with Gasteiger partial charge < -0.3 is 9.47 Å². The van der Waals surface area contributed by atoms with Gasteiger partial charge in [0.2, 0.25) is 0 Å². The van der Waals surface area contributed by atoms with Gasteiger partial charge in [0.05, 0.1) is 19.3 Å². The van der Waals surface area contributed by atoms with E-state index in [4.69, 9.17) is 9.47 Å². The van der Waals surface area contributed by atoms with Crippen LogP contribution in [0.25, 0.3) is 10.8 Å². The van der Waals surface area contributed by atoms with Crippen molar-refractivity contribution in [3.63, 3.8) is 0 Å². The Kier molecular flexibility index (Phi) is 5.46. The summed E-state index contributed by atoms with van der Waals surface area (Å²) in [5, 5.41) is 1.61. The average Bonchev–Trinajstić information content (AvgIpc) is 2.53. The zero-order chi connectivity index (χ0) is 16.8. The van der Waals surface area contributed by atoms with E-state index in [1.54, 1.807) is 31.2 Å². The lowest BCUT2D eigenvalue weighted by molar-refractivity contribution is -0.145. The van der Waals surface area contributed by atoms with Gasteiger partial charge >= 0.3 is 11.9 Å². The van der Waals surface area contributed by atoms with Gasteiger partial charge in [0.25, 0.3) is 0 Å². The molecule has 2 rings (SSSR count). The van der Waals surface area contributed by atoms with E-state index >= 15 is 0 Å². The number of ether oxygens (including phenoxy) is 2. The van der Waals surface area contributed by atoms with Gasteiger partial charge in [-0.25, -0.2) is 4.79 Å². The Morgan fingerprint density at radius 3 is 2.57 bits per heavy atom. The molecule has 0 aliphatic rings. The highest BCUT2D eigenvalue weighted by molar-refractivity contribution is 6.05. The SMILES string of the molecule is CCOC(=O)CC(=O)Cc1ccc2c(C(=O)OC)cccc2c1. The minimum Gasteiger partial charge on any atom is -0.466 e. The predicted molar refractivity (Wildman–Crippen MR) is 85.2 cm³/mol. The summed E-state index contributed by atoms with van der Waals surface area (Å²) < 4.78 is 9.53. The predicted octanol–water partition coefficient (Wildman–Crippen LogP) is 2.69. The number of carbonyl (C=O) groups excluding carboxylic acids is 3. The van der Waals surface area contributed by atoms with Gasteiger partial charge in [-0.05, 0) is 29.3 Å². The Bertz CT molecular complexity index is 748. The van der Waals surface area contributed by atoms with Crippen molar-refractivity contribution in [1.29, 1.82) is 0 Å². The highest BCUT2D eigenvalue weighted by Gasteiger charge is 2.13. The summed E-state index contributed by atoms with van der Waals surface area (Å²) in [6, 6.07) is 10.7. The number of benzene rings is 2. The van der Waals surface area contributed by atoms with Crippen LogP contribution in [0.4, 0.5) is 0 Å². The maximum atomic E-state index is 11.9. The van der Waals surface area contributed by atoms with Crippen LogP contribution in [0.1, 0.15) is 29.3 Å². The van der Waals surface area contributed by atoms with E-state index < -0.39 is 11.9 Å². The summed E-state index contributed by atoms with van der Waals surface area (Å²) in [7, 11) is 1.34. The molecule has 0 bridgehead atoms. The van der Waals surface area contributed by atoms with Crippen LogP contribution in [0.2, 0.25) is 0 Å². The second kappa shape index (κ2) is 7.54. The van der Waals surface area contributed by atoms with Crippen LogP contribution in [0.15, 0.2) is 36.4 Å². The standard InChI is InChI=1S/C18H18O5/c1-3-23-17(20)11-14(19)10-12-7-8-15-13(9-12)5-4-6-16(15)18(21)22-2/h4-9H,3,10-11H2,1-2H3. The average molecular weight is 314 g/mol. The molecule has 23 heavy (non-hydrogen) atoms. The van der Waals surface area contributed by atoms with Crippen molar-refractivity contribution < 1.29 is 23.9 Å². The monoisotopic (exact) mass is 314 g/mol. The molecule has 0 saturated carbocycles. The van der Waals surface area contributed by atoms with Gasteiger partial charge in [-0.3, -0.25) is 9.59 Å². The van der Waals surface area contributed by atoms with Gasteiger partial charge in [-0.15, -0.1) is 0 Å². The number of esters is 2. The van der Waals surface area contributed by atoms with E-state index in [0.717, 1.165) is 16.3 Å². The lowest BCUT2D eigenvalue weighted by Gasteiger charge is -2.07. The quantitative estimate of drug-likeness (QED) is 0.605. The first-order chi connectivity index (χ1) is 11.0. The van der Waals surface area contributed by atoms with Gasteiger partial charge in [-0.2, -0.15) is 0 Å². The topological polar surface area (TPSA) is 69.7 Å². The summed E-state index contributed by atoms with van der Waals surface area (Å²) in [5.74, 6) is -1.11. The van der Waals surface area contributed by atoms with E-state index in [2.05, 4.69) is 0 Å². The van der Waals surface area contributed by atoms with Crippen molar-refractivity contribution in [2.24, 2.45) is 0 Å². The molecule has 0 N–H and O–H groups in total. The number of ketones is 1. The highest BCUT2D eigenvalue weighted by atomic mass is 16.5. The fourth-order valence-corrected chi connectivity index (χ4v) is 2.39. The minimum atomic E-state index is -0.508. The molecule has 5 heteroatoms. The number of fused-ring (bicyclic) bond motifs is 1. The second-order valence-electron chi connectivity index (χ2n) is 5.05. The van der Waals surface area contributed by atoms with E-state index in [1.165, 1.54) is 7.11 Å². The maximum absolute atomic E-state index is 11.9. The Hall–Kier alpha value is -2.69. The molecule has 0 radical (unpaired) electrons. The van der Waals surface area contributed by atoms with Crippen molar-refractivity contribution in [3.05, 3.63) is 47.5 Å². The third kappa shape index (κ3) is 4.16. The maximum Gasteiger partial charge on any atom is 0.338 e. The largest absolute Gasteiger partial charge is 0.466 e. The molecule has 5 nitrogen and oxygen atoms in total. The molecular formula is C18H18O5. The van der Waals surface area contributed by atoms with Gasteiger partial charge in [-0.1, -0.05) is 30.3 Å². The number of carbonyl (C=O) groups is 3. The van der Waals surface area contributed by atoms with E-state index in [1.807, 2.05) is 12.1 Å². The molecule has 120 valence electrons. The van der Waals surface area contributed by atoms with E-state index in [-0.39, 0.29) is 25.2 Å². The third-order valence-electron chi connectivity index (χ3n) is 3.40. The van der Waals surface area contributed by atoms with E-state index in [0.29, 0.717) is 5.56 Å². The molecular weight excluding hydrogens is 296 g/mol. The van der Waals surface area contributed by atoms with Gasteiger partial charge in [0.1, 0.15) is 12.2 Å². The lowest BCUT2D eigenvalue weighted by Crippen LogP contribution is -2.13. The zero-order valence-corrected chi connectivity index (χ0v) is 13.1. The summed E-state index contributed by atoms with van der Waals surface area (Å²) in [6.45, 7) is 1.96. The van der Waals surface area contributed by atoms with Crippen molar-refractivity contribution in [3.8, 4) is 0 Å². The molecule has 0 aromatic heterocycles. The smallest absolute Gasteiger partial charge is 0.338 e. The molecule has 0 aliphatic carbocycles. The van der Waals surface area contributed by atoms with Crippen LogP contribution in [-0.4, -0.2) is 31.4 Å². The molecule has 0 spiro atoms. The Labute approximate surface area is 134 Å². The van der Waals surface area contributed by atoms with Crippen molar-refractivity contribution >= 4 is 28.5 Å². The summed E-state index contributed by atoms with van der Waals surface area (Å²) in [6.07, 6.45) is -0.0781. The normalized spacial score (nSPS) is 10.3. The molecule has 0 heterocycles. The molecule has 2 aromatic rings. The van der Waals surface area contributed by atoms with Gasteiger partial charge in [0, 0.05) is 6.42 Å².